The van der Waals surface area contributed by atoms with Crippen LogP contribution in [0.4, 0.5) is 13.2 Å². The zero-order chi connectivity index (χ0) is 23.3. The van der Waals surface area contributed by atoms with Gasteiger partial charge >= 0.3 is 6.18 Å². The summed E-state index contributed by atoms with van der Waals surface area (Å²) in [6.07, 6.45) is -4.41. The van der Waals surface area contributed by atoms with Gasteiger partial charge in [0.05, 0.1) is 21.3 Å². The Morgan fingerprint density at radius 2 is 1.69 bits per heavy atom. The molecule has 166 valence electrons. The molecule has 0 bridgehead atoms. The second-order valence-corrected chi connectivity index (χ2v) is 8.55. The maximum Gasteiger partial charge on any atom is 0.416 e. The molecule has 9 heteroatoms. The first-order valence-electron chi connectivity index (χ1n) is 9.24. The molecule has 3 nitrogen and oxygen atoms in total. The number of hydrogen-bond acceptors (Lipinski definition) is 4. The fourth-order valence-electron chi connectivity index (χ4n) is 2.64. The molecule has 0 amide bonds. The molecule has 0 fully saturated rings. The van der Waals surface area contributed by atoms with Crippen LogP contribution in [0.15, 0.2) is 76.8 Å². The minimum absolute atomic E-state index is 0.130. The lowest BCUT2D eigenvalue weighted by Gasteiger charge is -2.08. The number of benzene rings is 3. The van der Waals surface area contributed by atoms with Crippen molar-refractivity contribution in [2.24, 2.45) is 5.16 Å². The number of alkyl halides is 3. The van der Waals surface area contributed by atoms with Crippen LogP contribution in [0.25, 0.3) is 0 Å². The SMILES string of the molecule is C/C(=N\OCc1cccc(C(=O)Sc2ccc(C(F)(F)F)cc2)c1)c1ccc(Cl)c(Cl)c1. The molecule has 0 saturated heterocycles. The Morgan fingerprint density at radius 3 is 2.34 bits per heavy atom. The highest BCUT2D eigenvalue weighted by Crippen LogP contribution is 2.31. The van der Waals surface area contributed by atoms with E-state index in [0.29, 0.717) is 26.2 Å². The van der Waals surface area contributed by atoms with Crippen molar-refractivity contribution in [1.82, 2.24) is 0 Å². The van der Waals surface area contributed by atoms with E-state index in [0.717, 1.165) is 35.0 Å². The summed E-state index contributed by atoms with van der Waals surface area (Å²) in [5.74, 6) is 0. The average molecular weight is 498 g/mol. The van der Waals surface area contributed by atoms with E-state index < -0.39 is 11.7 Å². The van der Waals surface area contributed by atoms with Crippen LogP contribution in [0.2, 0.25) is 10.0 Å². The van der Waals surface area contributed by atoms with E-state index in [1.54, 1.807) is 49.4 Å². The standard InChI is InChI=1S/C23H16Cl2F3NO2S/c1-14(16-5-10-20(24)21(25)12-16)29-31-13-15-3-2-4-17(11-15)22(30)32-19-8-6-18(7-9-19)23(26,27)28/h2-12H,13H2,1H3/b29-14+. The summed E-state index contributed by atoms with van der Waals surface area (Å²) in [6.45, 7) is 1.89. The van der Waals surface area contributed by atoms with Crippen LogP contribution in [0.3, 0.4) is 0 Å². The van der Waals surface area contributed by atoms with Crippen molar-refractivity contribution in [3.63, 3.8) is 0 Å². The van der Waals surface area contributed by atoms with Gasteiger partial charge in [0.2, 0.25) is 5.12 Å². The molecule has 0 aromatic heterocycles. The number of oxime groups is 1. The largest absolute Gasteiger partial charge is 0.416 e. The van der Waals surface area contributed by atoms with Crippen molar-refractivity contribution in [2.45, 2.75) is 24.6 Å². The topological polar surface area (TPSA) is 38.7 Å². The number of rotatable bonds is 6. The number of hydrogen-bond donors (Lipinski definition) is 0. The first-order chi connectivity index (χ1) is 15.1. The molecule has 0 N–H and O–H groups in total. The maximum absolute atomic E-state index is 12.7. The fourth-order valence-corrected chi connectivity index (χ4v) is 3.67. The second-order valence-electron chi connectivity index (χ2n) is 6.69. The molecule has 0 saturated carbocycles. The van der Waals surface area contributed by atoms with E-state index in [-0.39, 0.29) is 11.7 Å². The van der Waals surface area contributed by atoms with Gasteiger partial charge in [-0.05, 0) is 66.7 Å². The Kier molecular flexibility index (Phi) is 7.87. The highest BCUT2D eigenvalue weighted by Gasteiger charge is 2.30. The van der Waals surface area contributed by atoms with E-state index in [1.165, 1.54) is 12.1 Å². The molecular formula is C23H16Cl2F3NO2S. The summed E-state index contributed by atoms with van der Waals surface area (Å²) in [7, 11) is 0. The molecule has 32 heavy (non-hydrogen) atoms. The van der Waals surface area contributed by atoms with Crippen LogP contribution < -0.4 is 0 Å². The van der Waals surface area contributed by atoms with E-state index in [9.17, 15) is 18.0 Å². The highest BCUT2D eigenvalue weighted by molar-refractivity contribution is 8.14. The Balaban J connectivity index is 1.62. The summed E-state index contributed by atoms with van der Waals surface area (Å²) in [6, 6.07) is 16.4. The molecule has 0 spiro atoms. The summed E-state index contributed by atoms with van der Waals surface area (Å²) in [5.41, 5.74) is 1.73. The third kappa shape index (κ3) is 6.51. The zero-order valence-electron chi connectivity index (χ0n) is 16.6. The van der Waals surface area contributed by atoms with Crippen molar-refractivity contribution in [3.05, 3.63) is 99.0 Å². The van der Waals surface area contributed by atoms with E-state index in [1.807, 2.05) is 0 Å². The number of halogens is 5. The lowest BCUT2D eigenvalue weighted by atomic mass is 10.1. The maximum atomic E-state index is 12.7. The molecular weight excluding hydrogens is 482 g/mol. The zero-order valence-corrected chi connectivity index (χ0v) is 18.9. The first-order valence-corrected chi connectivity index (χ1v) is 10.8. The van der Waals surface area contributed by atoms with Gasteiger partial charge in [-0.15, -0.1) is 0 Å². The molecule has 3 rings (SSSR count). The van der Waals surface area contributed by atoms with Gasteiger partial charge in [0.15, 0.2) is 0 Å². The first kappa shape index (κ1) is 24.2. The molecule has 3 aromatic carbocycles. The van der Waals surface area contributed by atoms with Gasteiger partial charge in [-0.1, -0.05) is 52.6 Å². The molecule has 0 atom stereocenters. The number of thioether (sulfide) groups is 1. The van der Waals surface area contributed by atoms with Crippen LogP contribution in [0, 0.1) is 0 Å². The van der Waals surface area contributed by atoms with Crippen LogP contribution in [-0.2, 0) is 17.6 Å². The third-order valence-corrected chi connectivity index (χ3v) is 5.99. The van der Waals surface area contributed by atoms with E-state index in [2.05, 4.69) is 5.16 Å². The van der Waals surface area contributed by atoms with Gasteiger partial charge < -0.3 is 4.84 Å². The van der Waals surface area contributed by atoms with Crippen molar-refractivity contribution in [3.8, 4) is 0 Å². The molecule has 0 aliphatic rings. The predicted molar refractivity (Wildman–Crippen MR) is 122 cm³/mol. The Morgan fingerprint density at radius 1 is 0.969 bits per heavy atom. The lowest BCUT2D eigenvalue weighted by molar-refractivity contribution is -0.137. The summed E-state index contributed by atoms with van der Waals surface area (Å²) < 4.78 is 38.0. The van der Waals surface area contributed by atoms with Crippen LogP contribution >= 0.6 is 35.0 Å². The van der Waals surface area contributed by atoms with E-state index in [4.69, 9.17) is 28.0 Å². The molecule has 0 heterocycles. The van der Waals surface area contributed by atoms with Gasteiger partial charge in [0, 0.05) is 16.0 Å². The minimum Gasteiger partial charge on any atom is -0.391 e. The van der Waals surface area contributed by atoms with Gasteiger partial charge in [-0.25, -0.2) is 0 Å². The predicted octanol–water partition coefficient (Wildman–Crippen LogP) is 7.89. The molecule has 3 aromatic rings. The van der Waals surface area contributed by atoms with Gasteiger partial charge in [0.25, 0.3) is 0 Å². The molecule has 0 radical (unpaired) electrons. The molecule has 0 aliphatic heterocycles. The van der Waals surface area contributed by atoms with Crippen molar-refractivity contribution in [1.29, 1.82) is 0 Å². The summed E-state index contributed by atoms with van der Waals surface area (Å²) in [5, 5.41) is 4.63. The molecule has 0 unspecified atom stereocenters. The third-order valence-electron chi connectivity index (χ3n) is 4.32. The van der Waals surface area contributed by atoms with Gasteiger partial charge in [-0.3, -0.25) is 4.79 Å². The van der Waals surface area contributed by atoms with Gasteiger partial charge in [-0.2, -0.15) is 13.2 Å². The van der Waals surface area contributed by atoms with E-state index >= 15 is 0 Å². The summed E-state index contributed by atoms with van der Waals surface area (Å²) in [4.78, 5) is 18.3. The minimum atomic E-state index is -4.41. The van der Waals surface area contributed by atoms with Crippen LogP contribution in [0.1, 0.15) is 34.0 Å². The lowest BCUT2D eigenvalue weighted by Crippen LogP contribution is -2.04. The Hall–Kier alpha value is -2.48. The second kappa shape index (κ2) is 10.4. The number of nitrogens with zero attached hydrogens (tertiary/aromatic N) is 1. The van der Waals surface area contributed by atoms with Crippen molar-refractivity contribution in [2.75, 3.05) is 0 Å². The fraction of sp³-hybridized carbons (Fsp3) is 0.130. The number of carbonyl (C=O) groups is 1. The van der Waals surface area contributed by atoms with Crippen molar-refractivity contribution >= 4 is 45.8 Å². The normalized spacial score (nSPS) is 12.0. The van der Waals surface area contributed by atoms with Gasteiger partial charge in [0.1, 0.15) is 6.61 Å². The quantitative estimate of drug-likeness (QED) is 0.197. The monoisotopic (exact) mass is 497 g/mol. The Bertz CT molecular complexity index is 1150. The summed E-state index contributed by atoms with van der Waals surface area (Å²) >= 11 is 12.8. The van der Waals surface area contributed by atoms with Crippen molar-refractivity contribution < 1.29 is 22.8 Å². The van der Waals surface area contributed by atoms with Crippen LogP contribution in [0.5, 0.6) is 0 Å². The Labute approximate surface area is 197 Å². The molecule has 0 aliphatic carbocycles. The van der Waals surface area contributed by atoms with Crippen LogP contribution in [-0.4, -0.2) is 10.8 Å². The average Bonchev–Trinajstić information content (AvgIpc) is 2.75. The highest BCUT2D eigenvalue weighted by atomic mass is 35.5. The smallest absolute Gasteiger partial charge is 0.391 e. The number of carbonyl (C=O) groups excluding carboxylic acids is 1.